The highest BCUT2D eigenvalue weighted by atomic mass is 127. The fraction of sp³-hybridized carbons (Fsp3) is 0.133. The van der Waals surface area contributed by atoms with E-state index >= 15 is 0 Å². The third-order valence-corrected chi connectivity index (χ3v) is 4.96. The van der Waals surface area contributed by atoms with E-state index in [-0.39, 0.29) is 5.75 Å². The van der Waals surface area contributed by atoms with Crippen molar-refractivity contribution in [3.05, 3.63) is 60.7 Å². The number of benzene rings is 2. The molecule has 0 bridgehead atoms. The van der Waals surface area contributed by atoms with E-state index in [4.69, 9.17) is 0 Å². The van der Waals surface area contributed by atoms with E-state index in [9.17, 15) is 15.0 Å². The van der Waals surface area contributed by atoms with Crippen LogP contribution in [0.1, 0.15) is 17.0 Å². The number of phenolic OH excluding ortho intramolecular Hbond substituents is 1. The molecule has 2 aromatic carbocycles. The SMILES string of the molecule is O=C(O)[C@@H](Cc1c(I)cc(O)cc1I)c1ccccc1. The molecule has 2 rings (SSSR count). The van der Waals surface area contributed by atoms with Crippen molar-refractivity contribution in [2.24, 2.45) is 0 Å². The summed E-state index contributed by atoms with van der Waals surface area (Å²) in [7, 11) is 0. The molecular formula is C15H12I2O3. The molecule has 0 spiro atoms. The second kappa shape index (κ2) is 6.75. The Morgan fingerprint density at radius 2 is 1.65 bits per heavy atom. The smallest absolute Gasteiger partial charge is 0.311 e. The highest BCUT2D eigenvalue weighted by Gasteiger charge is 2.22. The van der Waals surface area contributed by atoms with Crippen molar-refractivity contribution in [3.63, 3.8) is 0 Å². The molecule has 0 aromatic heterocycles. The molecule has 0 saturated carbocycles. The number of hydrogen-bond acceptors (Lipinski definition) is 2. The molecule has 0 saturated heterocycles. The summed E-state index contributed by atoms with van der Waals surface area (Å²) in [6.07, 6.45) is 0.413. The molecule has 0 amide bonds. The third kappa shape index (κ3) is 3.63. The van der Waals surface area contributed by atoms with Gasteiger partial charge in [-0.25, -0.2) is 0 Å². The van der Waals surface area contributed by atoms with Gasteiger partial charge in [0.05, 0.1) is 5.92 Å². The Bertz CT molecular complexity index is 603. The molecule has 0 aliphatic heterocycles. The van der Waals surface area contributed by atoms with Crippen molar-refractivity contribution in [1.82, 2.24) is 0 Å². The summed E-state index contributed by atoms with van der Waals surface area (Å²) >= 11 is 4.26. The lowest BCUT2D eigenvalue weighted by atomic mass is 9.92. The van der Waals surface area contributed by atoms with Gasteiger partial charge in [0.15, 0.2) is 0 Å². The van der Waals surface area contributed by atoms with Crippen molar-refractivity contribution < 1.29 is 15.0 Å². The van der Waals surface area contributed by atoms with Crippen LogP contribution in [0.3, 0.4) is 0 Å². The van der Waals surface area contributed by atoms with E-state index in [1.165, 1.54) is 0 Å². The number of rotatable bonds is 4. The van der Waals surface area contributed by atoms with Crippen molar-refractivity contribution >= 4 is 51.2 Å². The molecule has 0 aliphatic carbocycles. The summed E-state index contributed by atoms with van der Waals surface area (Å²) in [6.45, 7) is 0. The maximum absolute atomic E-state index is 11.5. The highest BCUT2D eigenvalue weighted by molar-refractivity contribution is 14.1. The van der Waals surface area contributed by atoms with Crippen molar-refractivity contribution in [2.75, 3.05) is 0 Å². The molecule has 0 radical (unpaired) electrons. The van der Waals surface area contributed by atoms with Gasteiger partial charge in [-0.2, -0.15) is 0 Å². The van der Waals surface area contributed by atoms with Crippen LogP contribution in [0.4, 0.5) is 0 Å². The second-order valence-electron chi connectivity index (χ2n) is 4.39. The normalized spacial score (nSPS) is 12.1. The Kier molecular flexibility index (Phi) is 5.25. The Morgan fingerprint density at radius 1 is 1.10 bits per heavy atom. The van der Waals surface area contributed by atoms with Crippen LogP contribution in [0.25, 0.3) is 0 Å². The Labute approximate surface area is 144 Å². The number of phenols is 1. The maximum atomic E-state index is 11.5. The average Bonchev–Trinajstić information content (AvgIpc) is 2.38. The first-order valence-corrected chi connectivity index (χ1v) is 8.09. The Hall–Kier alpha value is -0.830. The topological polar surface area (TPSA) is 57.5 Å². The van der Waals surface area contributed by atoms with Gasteiger partial charge in [0, 0.05) is 7.14 Å². The first-order chi connectivity index (χ1) is 9.49. The minimum absolute atomic E-state index is 0.203. The van der Waals surface area contributed by atoms with E-state index < -0.39 is 11.9 Å². The summed E-state index contributed by atoms with van der Waals surface area (Å²) in [5.41, 5.74) is 1.75. The quantitative estimate of drug-likeness (QED) is 0.633. The predicted octanol–water partition coefficient (Wildman–Crippen LogP) is 4.01. The van der Waals surface area contributed by atoms with Crippen LogP contribution in [0.15, 0.2) is 42.5 Å². The van der Waals surface area contributed by atoms with E-state index in [0.29, 0.717) is 6.42 Å². The van der Waals surface area contributed by atoms with Gasteiger partial charge in [0.2, 0.25) is 0 Å². The predicted molar refractivity (Wildman–Crippen MR) is 94.1 cm³/mol. The third-order valence-electron chi connectivity index (χ3n) is 3.03. The van der Waals surface area contributed by atoms with Crippen molar-refractivity contribution in [2.45, 2.75) is 12.3 Å². The van der Waals surface area contributed by atoms with E-state index in [1.54, 1.807) is 12.1 Å². The lowest BCUT2D eigenvalue weighted by molar-refractivity contribution is -0.138. The van der Waals surface area contributed by atoms with Crippen molar-refractivity contribution in [1.29, 1.82) is 0 Å². The van der Waals surface area contributed by atoms with Gasteiger partial charge in [0.25, 0.3) is 0 Å². The summed E-state index contributed by atoms with van der Waals surface area (Å²) < 4.78 is 1.77. The van der Waals surface area contributed by atoms with Gasteiger partial charge in [-0.3, -0.25) is 4.79 Å². The number of aromatic hydroxyl groups is 1. The highest BCUT2D eigenvalue weighted by Crippen LogP contribution is 2.30. The van der Waals surface area contributed by atoms with Crippen LogP contribution in [0, 0.1) is 7.14 Å². The molecule has 2 aromatic rings. The molecular weight excluding hydrogens is 482 g/mol. The number of aliphatic carboxylic acids is 1. The van der Waals surface area contributed by atoms with Crippen LogP contribution in [0.2, 0.25) is 0 Å². The summed E-state index contributed by atoms with van der Waals surface area (Å²) in [5, 5.41) is 19.0. The van der Waals surface area contributed by atoms with E-state index in [0.717, 1.165) is 18.3 Å². The van der Waals surface area contributed by atoms with Gasteiger partial charge in [-0.05, 0) is 74.9 Å². The summed E-state index contributed by atoms with van der Waals surface area (Å²) in [4.78, 5) is 11.5. The Balaban J connectivity index is 2.38. The van der Waals surface area contributed by atoms with Gasteiger partial charge in [0.1, 0.15) is 5.75 Å². The Morgan fingerprint density at radius 3 is 2.15 bits per heavy atom. The number of carboxylic acids is 1. The lowest BCUT2D eigenvalue weighted by Crippen LogP contribution is -2.15. The van der Waals surface area contributed by atoms with Gasteiger partial charge in [-0.15, -0.1) is 0 Å². The van der Waals surface area contributed by atoms with Crippen LogP contribution >= 0.6 is 45.2 Å². The standard InChI is InChI=1S/C15H12I2O3/c16-13-6-10(18)7-14(17)12(13)8-11(15(19)20)9-4-2-1-3-5-9/h1-7,11,18H,8H2,(H,19,20)/t11-/m0/s1. The second-order valence-corrected chi connectivity index (χ2v) is 6.72. The van der Waals surface area contributed by atoms with Gasteiger partial charge in [-0.1, -0.05) is 30.3 Å². The lowest BCUT2D eigenvalue weighted by Gasteiger charge is -2.15. The zero-order chi connectivity index (χ0) is 14.7. The molecule has 1 atom stereocenters. The van der Waals surface area contributed by atoms with Gasteiger partial charge < -0.3 is 10.2 Å². The van der Waals surface area contributed by atoms with E-state index in [2.05, 4.69) is 45.2 Å². The number of halogens is 2. The number of carboxylic acid groups (broad SMARTS) is 1. The summed E-state index contributed by atoms with van der Waals surface area (Å²) in [5.74, 6) is -1.22. The molecule has 20 heavy (non-hydrogen) atoms. The average molecular weight is 494 g/mol. The van der Waals surface area contributed by atoms with Crippen LogP contribution in [0.5, 0.6) is 5.75 Å². The fourth-order valence-electron chi connectivity index (χ4n) is 2.02. The minimum atomic E-state index is -0.837. The molecule has 0 aliphatic rings. The molecule has 0 unspecified atom stereocenters. The number of hydrogen-bond donors (Lipinski definition) is 2. The first kappa shape index (κ1) is 15.6. The van der Waals surface area contributed by atoms with Crippen LogP contribution < -0.4 is 0 Å². The maximum Gasteiger partial charge on any atom is 0.311 e. The zero-order valence-corrected chi connectivity index (χ0v) is 14.7. The minimum Gasteiger partial charge on any atom is -0.508 e. The largest absolute Gasteiger partial charge is 0.508 e. The first-order valence-electron chi connectivity index (χ1n) is 5.93. The molecule has 0 fully saturated rings. The number of carbonyl (C=O) groups is 1. The van der Waals surface area contributed by atoms with Gasteiger partial charge >= 0.3 is 5.97 Å². The van der Waals surface area contributed by atoms with Crippen LogP contribution in [-0.2, 0) is 11.2 Å². The molecule has 5 heteroatoms. The molecule has 3 nitrogen and oxygen atoms in total. The van der Waals surface area contributed by atoms with Crippen LogP contribution in [-0.4, -0.2) is 16.2 Å². The summed E-state index contributed by atoms with van der Waals surface area (Å²) in [6, 6.07) is 12.5. The van der Waals surface area contributed by atoms with E-state index in [1.807, 2.05) is 30.3 Å². The zero-order valence-electron chi connectivity index (χ0n) is 10.4. The van der Waals surface area contributed by atoms with Crippen molar-refractivity contribution in [3.8, 4) is 5.75 Å². The molecule has 104 valence electrons. The fourth-order valence-corrected chi connectivity index (χ4v) is 4.20. The molecule has 0 heterocycles. The molecule has 2 N–H and O–H groups in total. The monoisotopic (exact) mass is 494 g/mol.